The lowest BCUT2D eigenvalue weighted by Gasteiger charge is -2.18. The number of hydrogen-bond acceptors (Lipinski definition) is 6. The van der Waals surface area contributed by atoms with Crippen molar-refractivity contribution in [2.24, 2.45) is 0 Å². The quantitative estimate of drug-likeness (QED) is 0.0262. The zero-order valence-corrected chi connectivity index (χ0v) is 45.2. The van der Waals surface area contributed by atoms with Crippen molar-refractivity contribution < 1.29 is 28.6 Å². The molecule has 0 fully saturated rings. The van der Waals surface area contributed by atoms with E-state index in [0.717, 1.165) is 128 Å². The molecule has 0 rings (SSSR count). The van der Waals surface area contributed by atoms with Crippen molar-refractivity contribution in [2.75, 3.05) is 13.2 Å². The lowest BCUT2D eigenvalue weighted by Crippen LogP contribution is -2.30. The van der Waals surface area contributed by atoms with Crippen LogP contribution in [0.5, 0.6) is 0 Å². The number of rotatable bonds is 48. The van der Waals surface area contributed by atoms with Gasteiger partial charge in [0, 0.05) is 12.8 Å². The zero-order chi connectivity index (χ0) is 51.4. The lowest BCUT2D eigenvalue weighted by atomic mass is 10.1. The third-order valence-corrected chi connectivity index (χ3v) is 11.1. The second-order valence-electron chi connectivity index (χ2n) is 17.8. The van der Waals surface area contributed by atoms with E-state index in [4.69, 9.17) is 14.2 Å². The van der Waals surface area contributed by atoms with Gasteiger partial charge in [0.1, 0.15) is 13.2 Å². The Kier molecular flexibility index (Phi) is 53.6. The van der Waals surface area contributed by atoms with Crippen molar-refractivity contribution in [1.29, 1.82) is 0 Å². The smallest absolute Gasteiger partial charge is 0.310 e. The molecule has 6 nitrogen and oxygen atoms in total. The molecule has 0 amide bonds. The van der Waals surface area contributed by atoms with Crippen LogP contribution in [0.25, 0.3) is 0 Å². The van der Waals surface area contributed by atoms with Crippen LogP contribution in [0.15, 0.2) is 158 Å². The predicted octanol–water partition coefficient (Wildman–Crippen LogP) is 19.0. The summed E-state index contributed by atoms with van der Waals surface area (Å²) in [5.74, 6) is -1.09. The van der Waals surface area contributed by atoms with Crippen LogP contribution in [0.2, 0.25) is 0 Å². The van der Waals surface area contributed by atoms with Crippen molar-refractivity contribution in [3.05, 3.63) is 158 Å². The summed E-state index contributed by atoms with van der Waals surface area (Å²) in [6.07, 6.45) is 84.3. The van der Waals surface area contributed by atoms with Crippen LogP contribution >= 0.6 is 0 Å². The van der Waals surface area contributed by atoms with Crippen molar-refractivity contribution in [3.63, 3.8) is 0 Å². The topological polar surface area (TPSA) is 78.9 Å². The number of hydrogen-bond donors (Lipinski definition) is 0. The van der Waals surface area contributed by atoms with Gasteiger partial charge in [0.05, 0.1) is 6.42 Å². The average Bonchev–Trinajstić information content (AvgIpc) is 3.37. The molecule has 0 aliphatic carbocycles. The Hall–Kier alpha value is -4.97. The Labute approximate surface area is 435 Å². The van der Waals surface area contributed by atoms with Crippen LogP contribution in [-0.2, 0) is 28.6 Å². The van der Waals surface area contributed by atoms with E-state index in [1.807, 2.05) is 6.08 Å². The first-order valence-corrected chi connectivity index (χ1v) is 28.0. The maximum Gasteiger partial charge on any atom is 0.310 e. The molecule has 0 aliphatic heterocycles. The molecule has 0 aromatic rings. The van der Waals surface area contributed by atoms with E-state index < -0.39 is 12.1 Å². The molecule has 396 valence electrons. The molecule has 1 unspecified atom stereocenters. The minimum atomic E-state index is -0.842. The third kappa shape index (κ3) is 55.8. The van der Waals surface area contributed by atoms with Crippen LogP contribution in [0, 0.1) is 0 Å². The second kappa shape index (κ2) is 57.6. The molecule has 71 heavy (non-hydrogen) atoms. The fourth-order valence-electron chi connectivity index (χ4n) is 6.94. The van der Waals surface area contributed by atoms with Crippen molar-refractivity contribution in [3.8, 4) is 0 Å². The van der Waals surface area contributed by atoms with Crippen LogP contribution in [0.1, 0.15) is 213 Å². The highest BCUT2D eigenvalue weighted by atomic mass is 16.6. The van der Waals surface area contributed by atoms with Gasteiger partial charge in [-0.05, 0) is 109 Å². The Balaban J connectivity index is 4.29. The standard InChI is InChI=1S/C65H100O6/c1-4-7-10-13-16-18-20-22-24-25-26-27-28-29-30-31-32-33-34-35-36-37-38-39-41-42-44-46-49-52-55-58-64(67)70-61-62(60-69-63(66)57-54-51-48-15-12-9-6-3)71-65(68)59-56-53-50-47-45-43-40-23-21-19-17-14-11-8-5-2/h7-8,10-11,16-19,22-24,26-27,29-30,32-33,35-36,38-40,45,47,53,56,62H,4-6,9,12-15,20-21,25,28,31,34,37,41-44,46,48-52,54-55,57-61H2,1-3H3/b10-7-,11-8-,18-16-,19-17-,24-22-,27-26-,30-29-,33-32-,36-35-,39-38-,40-23-,47-45-,56-53-. The number of esters is 3. The van der Waals surface area contributed by atoms with Crippen molar-refractivity contribution >= 4 is 17.9 Å². The van der Waals surface area contributed by atoms with Gasteiger partial charge in [-0.1, -0.05) is 243 Å². The van der Waals surface area contributed by atoms with E-state index in [2.05, 4.69) is 167 Å². The first-order chi connectivity index (χ1) is 35.0. The fraction of sp³-hybridized carbons (Fsp3) is 0.554. The SMILES string of the molecule is CC/C=C\C/C=C\C/C=C\C/C=C\C/C=C\C/C=C\C/C=C\C/C=C\CCCCCCCCC(=O)OCC(COC(=O)CCCCCCCCC)OC(=O)C/C=C\C/C=C\C/C=C\C/C=C\C/C=C\CC. The van der Waals surface area contributed by atoms with E-state index in [1.54, 1.807) is 6.08 Å². The molecule has 0 radical (unpaired) electrons. The van der Waals surface area contributed by atoms with Gasteiger partial charge < -0.3 is 14.2 Å². The molecular formula is C65H100O6. The first kappa shape index (κ1) is 66.0. The Morgan fingerprint density at radius 1 is 0.310 bits per heavy atom. The Morgan fingerprint density at radius 3 is 0.930 bits per heavy atom. The van der Waals surface area contributed by atoms with Crippen LogP contribution < -0.4 is 0 Å². The summed E-state index contributed by atoms with van der Waals surface area (Å²) in [6, 6.07) is 0. The molecule has 6 heteroatoms. The summed E-state index contributed by atoms with van der Waals surface area (Å²) in [7, 11) is 0. The molecule has 0 aromatic carbocycles. The molecule has 0 aliphatic rings. The Bertz CT molecular complexity index is 1640. The van der Waals surface area contributed by atoms with Gasteiger partial charge in [-0.2, -0.15) is 0 Å². The van der Waals surface area contributed by atoms with Crippen LogP contribution in [0.4, 0.5) is 0 Å². The van der Waals surface area contributed by atoms with Crippen molar-refractivity contribution in [1.82, 2.24) is 0 Å². The lowest BCUT2D eigenvalue weighted by molar-refractivity contribution is -0.166. The fourth-order valence-corrected chi connectivity index (χ4v) is 6.94. The average molecular weight is 978 g/mol. The van der Waals surface area contributed by atoms with Gasteiger partial charge in [-0.15, -0.1) is 0 Å². The molecule has 0 saturated carbocycles. The zero-order valence-electron chi connectivity index (χ0n) is 45.2. The third-order valence-electron chi connectivity index (χ3n) is 11.1. The van der Waals surface area contributed by atoms with E-state index in [0.29, 0.717) is 19.3 Å². The van der Waals surface area contributed by atoms with Gasteiger partial charge in [-0.3, -0.25) is 14.4 Å². The maximum atomic E-state index is 12.7. The number of carbonyl (C=O) groups excluding carboxylic acids is 3. The largest absolute Gasteiger partial charge is 0.462 e. The minimum absolute atomic E-state index is 0.0872. The molecule has 0 spiro atoms. The highest BCUT2D eigenvalue weighted by molar-refractivity contribution is 5.72. The van der Waals surface area contributed by atoms with Gasteiger partial charge in [0.2, 0.25) is 0 Å². The van der Waals surface area contributed by atoms with Crippen LogP contribution in [0.3, 0.4) is 0 Å². The number of allylic oxidation sites excluding steroid dienone is 25. The van der Waals surface area contributed by atoms with Gasteiger partial charge in [0.15, 0.2) is 6.10 Å². The van der Waals surface area contributed by atoms with E-state index in [1.165, 1.54) is 38.5 Å². The predicted molar refractivity (Wildman–Crippen MR) is 306 cm³/mol. The van der Waals surface area contributed by atoms with E-state index in [9.17, 15) is 14.4 Å². The van der Waals surface area contributed by atoms with E-state index in [-0.39, 0.29) is 31.6 Å². The molecule has 0 saturated heterocycles. The van der Waals surface area contributed by atoms with E-state index >= 15 is 0 Å². The van der Waals surface area contributed by atoms with Crippen molar-refractivity contribution in [2.45, 2.75) is 219 Å². The number of ether oxygens (including phenoxy) is 3. The molecule has 0 aromatic heterocycles. The van der Waals surface area contributed by atoms with Crippen LogP contribution in [-0.4, -0.2) is 37.2 Å². The molecule has 0 heterocycles. The maximum absolute atomic E-state index is 12.7. The van der Waals surface area contributed by atoms with Gasteiger partial charge in [-0.25, -0.2) is 0 Å². The molecule has 1 atom stereocenters. The highest BCUT2D eigenvalue weighted by Crippen LogP contribution is 2.12. The summed E-state index contributed by atoms with van der Waals surface area (Å²) in [6.45, 7) is 6.24. The highest BCUT2D eigenvalue weighted by Gasteiger charge is 2.19. The summed E-state index contributed by atoms with van der Waals surface area (Å²) >= 11 is 0. The molecule has 0 bridgehead atoms. The first-order valence-electron chi connectivity index (χ1n) is 28.0. The summed E-state index contributed by atoms with van der Waals surface area (Å²) in [4.78, 5) is 37.8. The number of unbranched alkanes of at least 4 members (excludes halogenated alkanes) is 12. The molecular weight excluding hydrogens is 877 g/mol. The normalized spacial score (nSPS) is 13.3. The second-order valence-corrected chi connectivity index (χ2v) is 17.8. The summed E-state index contributed by atoms with van der Waals surface area (Å²) < 4.78 is 16.6. The minimum Gasteiger partial charge on any atom is -0.462 e. The summed E-state index contributed by atoms with van der Waals surface area (Å²) in [5, 5.41) is 0. The monoisotopic (exact) mass is 977 g/mol. The molecule has 0 N–H and O–H groups in total. The Morgan fingerprint density at radius 2 is 0.592 bits per heavy atom. The number of carbonyl (C=O) groups is 3. The van der Waals surface area contributed by atoms with Gasteiger partial charge >= 0.3 is 17.9 Å². The summed E-state index contributed by atoms with van der Waals surface area (Å²) in [5.41, 5.74) is 0. The van der Waals surface area contributed by atoms with Gasteiger partial charge in [0.25, 0.3) is 0 Å².